The van der Waals surface area contributed by atoms with Crippen LogP contribution in [0.4, 0.5) is 0 Å². The zero-order valence-corrected chi connectivity index (χ0v) is 7.64. The largest absolute Gasteiger partial charge is 0.385 e. The van der Waals surface area contributed by atoms with Crippen molar-refractivity contribution < 1.29 is 9.53 Å². The number of hydrogen-bond donors (Lipinski definition) is 1. The number of methoxy groups -OCH3 is 1. The molecule has 1 heterocycles. The molecule has 1 N–H and O–H groups in total. The molecule has 0 aromatic rings. The van der Waals surface area contributed by atoms with E-state index in [0.29, 0.717) is 0 Å². The summed E-state index contributed by atoms with van der Waals surface area (Å²) < 4.78 is 4.94. The number of nitrogens with one attached hydrogen (secondary N) is 1. The number of amides is 1. The van der Waals surface area contributed by atoms with Gasteiger partial charge < -0.3 is 10.1 Å². The fourth-order valence-corrected chi connectivity index (χ4v) is 1.58. The maximum Gasteiger partial charge on any atom is 0.223 e. The molecule has 1 atom stereocenters. The molecule has 0 saturated carbocycles. The Balaban J connectivity index is 2.16. The number of hydrogen-bond acceptors (Lipinski definition) is 2. The van der Waals surface area contributed by atoms with Crippen molar-refractivity contribution in [2.75, 3.05) is 20.3 Å². The van der Waals surface area contributed by atoms with Gasteiger partial charge in [-0.1, -0.05) is 0 Å². The zero-order valence-electron chi connectivity index (χ0n) is 7.64. The van der Waals surface area contributed by atoms with E-state index in [2.05, 4.69) is 5.32 Å². The maximum atomic E-state index is 11.2. The molecule has 1 fully saturated rings. The van der Waals surface area contributed by atoms with Crippen molar-refractivity contribution in [3.63, 3.8) is 0 Å². The Morgan fingerprint density at radius 3 is 3.17 bits per heavy atom. The standard InChI is InChI=1S/C9H17NO2/c1-12-7-3-5-8-4-2-6-10-9(8)11/h8H,2-7H2,1H3,(H,10,11). The molecule has 3 heteroatoms. The van der Waals surface area contributed by atoms with Gasteiger partial charge >= 0.3 is 0 Å². The lowest BCUT2D eigenvalue weighted by Gasteiger charge is -2.21. The molecule has 1 amide bonds. The van der Waals surface area contributed by atoms with E-state index < -0.39 is 0 Å². The normalized spacial score (nSPS) is 23.8. The Hall–Kier alpha value is -0.570. The Labute approximate surface area is 73.5 Å². The van der Waals surface area contributed by atoms with E-state index in [-0.39, 0.29) is 11.8 Å². The lowest BCUT2D eigenvalue weighted by atomic mass is 9.94. The van der Waals surface area contributed by atoms with Crippen LogP contribution in [0, 0.1) is 5.92 Å². The molecule has 3 nitrogen and oxygen atoms in total. The second-order valence-corrected chi connectivity index (χ2v) is 3.27. The van der Waals surface area contributed by atoms with Gasteiger partial charge in [0.05, 0.1) is 0 Å². The van der Waals surface area contributed by atoms with Crippen LogP contribution in [0.5, 0.6) is 0 Å². The van der Waals surface area contributed by atoms with Crippen molar-refractivity contribution in [3.05, 3.63) is 0 Å². The minimum atomic E-state index is 0.234. The Morgan fingerprint density at radius 1 is 1.67 bits per heavy atom. The predicted octanol–water partition coefficient (Wildman–Crippen LogP) is 0.939. The van der Waals surface area contributed by atoms with Gasteiger partial charge in [-0.3, -0.25) is 4.79 Å². The van der Waals surface area contributed by atoms with Gasteiger partial charge in [0.25, 0.3) is 0 Å². The van der Waals surface area contributed by atoms with Crippen molar-refractivity contribution in [1.82, 2.24) is 5.32 Å². The van der Waals surface area contributed by atoms with Crippen LogP contribution in [0.1, 0.15) is 25.7 Å². The van der Waals surface area contributed by atoms with Crippen LogP contribution in [0.15, 0.2) is 0 Å². The van der Waals surface area contributed by atoms with E-state index in [1.807, 2.05) is 0 Å². The van der Waals surface area contributed by atoms with Crippen LogP contribution in [0.3, 0.4) is 0 Å². The van der Waals surface area contributed by atoms with Crippen LogP contribution in [-0.2, 0) is 9.53 Å². The van der Waals surface area contributed by atoms with Crippen molar-refractivity contribution in [2.24, 2.45) is 5.92 Å². The first-order chi connectivity index (χ1) is 5.84. The summed E-state index contributed by atoms with van der Waals surface area (Å²) in [5, 5.41) is 2.88. The molecular formula is C9H17NO2. The second-order valence-electron chi connectivity index (χ2n) is 3.27. The lowest BCUT2D eigenvalue weighted by molar-refractivity contribution is -0.126. The number of carbonyl (C=O) groups is 1. The van der Waals surface area contributed by atoms with E-state index in [0.717, 1.165) is 38.8 Å². The van der Waals surface area contributed by atoms with E-state index in [4.69, 9.17) is 4.74 Å². The van der Waals surface area contributed by atoms with Gasteiger partial charge in [0.1, 0.15) is 0 Å². The third-order valence-corrected chi connectivity index (χ3v) is 2.30. The first-order valence-corrected chi connectivity index (χ1v) is 4.61. The Kier molecular flexibility index (Phi) is 4.08. The summed E-state index contributed by atoms with van der Waals surface area (Å²) in [5.74, 6) is 0.478. The summed E-state index contributed by atoms with van der Waals surface area (Å²) in [6.07, 6.45) is 4.15. The first-order valence-electron chi connectivity index (χ1n) is 4.61. The molecule has 0 aliphatic carbocycles. The minimum absolute atomic E-state index is 0.234. The topological polar surface area (TPSA) is 38.3 Å². The molecule has 1 unspecified atom stereocenters. The van der Waals surface area contributed by atoms with Gasteiger partial charge in [0, 0.05) is 26.2 Å². The van der Waals surface area contributed by atoms with Crippen molar-refractivity contribution in [3.8, 4) is 0 Å². The fraction of sp³-hybridized carbons (Fsp3) is 0.889. The molecular weight excluding hydrogens is 154 g/mol. The van der Waals surface area contributed by atoms with Crippen LogP contribution < -0.4 is 5.32 Å². The first kappa shape index (κ1) is 9.52. The van der Waals surface area contributed by atoms with E-state index >= 15 is 0 Å². The Bertz CT molecular complexity index is 147. The highest BCUT2D eigenvalue weighted by molar-refractivity contribution is 5.79. The van der Waals surface area contributed by atoms with E-state index in [9.17, 15) is 4.79 Å². The SMILES string of the molecule is COCCCC1CCCNC1=O. The number of rotatable bonds is 4. The average molecular weight is 171 g/mol. The molecule has 0 radical (unpaired) electrons. The summed E-state index contributed by atoms with van der Waals surface area (Å²) in [5.41, 5.74) is 0. The van der Waals surface area contributed by atoms with Crippen molar-refractivity contribution >= 4 is 5.91 Å². The van der Waals surface area contributed by atoms with Gasteiger partial charge in [-0.15, -0.1) is 0 Å². The molecule has 1 aliphatic rings. The second kappa shape index (κ2) is 5.14. The van der Waals surface area contributed by atoms with Crippen LogP contribution in [0.25, 0.3) is 0 Å². The molecule has 0 spiro atoms. The maximum absolute atomic E-state index is 11.2. The van der Waals surface area contributed by atoms with Gasteiger partial charge in [-0.05, 0) is 25.7 Å². The Morgan fingerprint density at radius 2 is 2.50 bits per heavy atom. The molecule has 1 rings (SSSR count). The summed E-state index contributed by atoms with van der Waals surface area (Å²) in [4.78, 5) is 11.2. The number of piperidine rings is 1. The molecule has 0 aromatic heterocycles. The van der Waals surface area contributed by atoms with Gasteiger partial charge in [-0.25, -0.2) is 0 Å². The average Bonchev–Trinajstić information content (AvgIpc) is 2.09. The third kappa shape index (κ3) is 2.81. The van der Waals surface area contributed by atoms with Gasteiger partial charge in [-0.2, -0.15) is 0 Å². The molecule has 0 bridgehead atoms. The van der Waals surface area contributed by atoms with E-state index in [1.54, 1.807) is 7.11 Å². The monoisotopic (exact) mass is 171 g/mol. The smallest absolute Gasteiger partial charge is 0.223 e. The van der Waals surface area contributed by atoms with Gasteiger partial charge in [0.2, 0.25) is 5.91 Å². The highest BCUT2D eigenvalue weighted by Crippen LogP contribution is 2.16. The quantitative estimate of drug-likeness (QED) is 0.639. The summed E-state index contributed by atoms with van der Waals surface area (Å²) >= 11 is 0. The summed E-state index contributed by atoms with van der Waals surface area (Å²) in [7, 11) is 1.70. The predicted molar refractivity (Wildman–Crippen MR) is 46.8 cm³/mol. The number of carbonyl (C=O) groups excluding carboxylic acids is 1. The number of ether oxygens (including phenoxy) is 1. The third-order valence-electron chi connectivity index (χ3n) is 2.30. The highest BCUT2D eigenvalue weighted by Gasteiger charge is 2.20. The lowest BCUT2D eigenvalue weighted by Crippen LogP contribution is -2.36. The summed E-state index contributed by atoms with van der Waals surface area (Å²) in [6.45, 7) is 1.63. The molecule has 70 valence electrons. The van der Waals surface area contributed by atoms with Gasteiger partial charge in [0.15, 0.2) is 0 Å². The zero-order chi connectivity index (χ0) is 8.81. The van der Waals surface area contributed by atoms with Crippen molar-refractivity contribution in [1.29, 1.82) is 0 Å². The van der Waals surface area contributed by atoms with Crippen molar-refractivity contribution in [2.45, 2.75) is 25.7 Å². The van der Waals surface area contributed by atoms with Crippen LogP contribution in [0.2, 0.25) is 0 Å². The molecule has 12 heavy (non-hydrogen) atoms. The van der Waals surface area contributed by atoms with E-state index in [1.165, 1.54) is 0 Å². The minimum Gasteiger partial charge on any atom is -0.385 e. The highest BCUT2D eigenvalue weighted by atomic mass is 16.5. The molecule has 1 saturated heterocycles. The van der Waals surface area contributed by atoms with Crippen LogP contribution in [-0.4, -0.2) is 26.2 Å². The fourth-order valence-electron chi connectivity index (χ4n) is 1.58. The van der Waals surface area contributed by atoms with Crippen LogP contribution >= 0.6 is 0 Å². The molecule has 1 aliphatic heterocycles. The summed E-state index contributed by atoms with van der Waals surface area (Å²) in [6, 6.07) is 0. The molecule has 0 aromatic carbocycles.